The number of aliphatic hydroxyl groups is 1. The highest BCUT2D eigenvalue weighted by atomic mass is 35.7. The minimum absolute atomic E-state index is 0.368. The Kier molecular flexibility index (Phi) is 26.5. The second-order valence-electron chi connectivity index (χ2n) is 8.68. The molecule has 0 heterocycles. The third-order valence-electron chi connectivity index (χ3n) is 5.83. The van der Waals surface area contributed by atoms with Crippen molar-refractivity contribution in [2.24, 2.45) is 0 Å². The van der Waals surface area contributed by atoms with E-state index in [2.05, 4.69) is 0 Å². The van der Waals surface area contributed by atoms with E-state index < -0.39 is 7.42 Å². The molecule has 1 N–H and O–H groups in total. The van der Waals surface area contributed by atoms with Crippen LogP contribution in [0, 0.1) is 0 Å². The number of halogens is 2. The third-order valence-corrected chi connectivity index (χ3v) is 7.98. The van der Waals surface area contributed by atoms with Gasteiger partial charge in [-0.25, -0.2) is 0 Å². The topological polar surface area (TPSA) is 20.2 Å². The first-order chi connectivity index (χ1) is 13.8. The molecule has 0 amide bonds. The van der Waals surface area contributed by atoms with Gasteiger partial charge in [0.05, 0.1) is 0 Å². The van der Waals surface area contributed by atoms with Crippen molar-refractivity contribution < 1.29 is 5.11 Å². The maximum Gasteiger partial charge on any atom is 0.237 e. The van der Waals surface area contributed by atoms with Crippen molar-refractivity contribution in [3.8, 4) is 0 Å². The lowest BCUT2D eigenvalue weighted by Gasteiger charge is -2.04. The molecule has 170 valence electrons. The van der Waals surface area contributed by atoms with Gasteiger partial charge in [0.2, 0.25) is 7.42 Å². The summed E-state index contributed by atoms with van der Waals surface area (Å²) in [7, 11) is -1.33. The third kappa shape index (κ3) is 26.8. The fourth-order valence-corrected chi connectivity index (χ4v) is 5.47. The Hall–Kier alpha value is 0.757. The van der Waals surface area contributed by atoms with Crippen LogP contribution < -0.4 is 0 Å². The minimum atomic E-state index is -1.33. The predicted molar refractivity (Wildman–Crippen MR) is 132 cm³/mol. The van der Waals surface area contributed by atoms with E-state index >= 15 is 0 Å². The highest BCUT2D eigenvalue weighted by molar-refractivity contribution is 7.33. The van der Waals surface area contributed by atoms with Crippen molar-refractivity contribution in [1.82, 2.24) is 0 Å². The fourth-order valence-electron chi connectivity index (χ4n) is 3.95. The molecule has 0 rings (SSSR count). The lowest BCUT2D eigenvalue weighted by atomic mass is 10.0. The summed E-state index contributed by atoms with van der Waals surface area (Å²) in [6, 6.07) is 1.09. The molecule has 1 nitrogen and oxygen atoms in total. The van der Waals surface area contributed by atoms with Gasteiger partial charge in [0.1, 0.15) is 0 Å². The standard InChI is InChI=1S/C24H50Cl2OSi/c25-28(26)24-22-20-18-16-14-12-10-8-6-4-2-1-3-5-7-9-11-13-15-17-19-21-23-27/h27-28H,1-24H2. The van der Waals surface area contributed by atoms with Crippen molar-refractivity contribution in [2.45, 2.75) is 147 Å². The molecule has 0 spiro atoms. The van der Waals surface area contributed by atoms with Crippen LogP contribution in [0.25, 0.3) is 0 Å². The zero-order chi connectivity index (χ0) is 20.5. The Morgan fingerprint density at radius 3 is 0.786 bits per heavy atom. The zero-order valence-corrected chi connectivity index (χ0v) is 21.4. The Morgan fingerprint density at radius 2 is 0.571 bits per heavy atom. The van der Waals surface area contributed by atoms with Crippen LogP contribution in [-0.2, 0) is 0 Å². The molecule has 0 atom stereocenters. The van der Waals surface area contributed by atoms with Crippen LogP contribution in [0.15, 0.2) is 0 Å². The zero-order valence-electron chi connectivity index (χ0n) is 18.8. The Morgan fingerprint density at radius 1 is 0.357 bits per heavy atom. The molecule has 28 heavy (non-hydrogen) atoms. The lowest BCUT2D eigenvalue weighted by Crippen LogP contribution is -1.91. The summed E-state index contributed by atoms with van der Waals surface area (Å²) in [5, 5.41) is 8.74. The molecule has 0 bridgehead atoms. The van der Waals surface area contributed by atoms with Gasteiger partial charge in [0, 0.05) is 6.61 Å². The van der Waals surface area contributed by atoms with Crippen molar-refractivity contribution in [2.75, 3.05) is 6.61 Å². The SMILES string of the molecule is OCCCCCCCCCCCCCCCCCCCCCCCC[SiH](Cl)Cl. The van der Waals surface area contributed by atoms with Gasteiger partial charge >= 0.3 is 0 Å². The summed E-state index contributed by atoms with van der Waals surface area (Å²) in [4.78, 5) is 0. The van der Waals surface area contributed by atoms with Crippen LogP contribution in [-0.4, -0.2) is 19.1 Å². The molecular formula is C24H50Cl2OSi. The summed E-state index contributed by atoms with van der Waals surface area (Å²) in [6.07, 6.45) is 30.4. The number of hydrogen-bond donors (Lipinski definition) is 1. The van der Waals surface area contributed by atoms with Crippen LogP contribution in [0.2, 0.25) is 6.04 Å². The van der Waals surface area contributed by atoms with Crippen LogP contribution >= 0.6 is 22.2 Å². The van der Waals surface area contributed by atoms with E-state index in [1.807, 2.05) is 0 Å². The first kappa shape index (κ1) is 28.8. The molecule has 0 aliphatic carbocycles. The van der Waals surface area contributed by atoms with Crippen molar-refractivity contribution in [1.29, 1.82) is 0 Å². The average molecular weight is 454 g/mol. The second kappa shape index (κ2) is 25.8. The molecule has 0 radical (unpaired) electrons. The van der Waals surface area contributed by atoms with E-state index in [0.29, 0.717) is 6.61 Å². The monoisotopic (exact) mass is 452 g/mol. The van der Waals surface area contributed by atoms with E-state index in [4.69, 9.17) is 27.3 Å². The number of aliphatic hydroxyl groups excluding tert-OH is 1. The van der Waals surface area contributed by atoms with Gasteiger partial charge < -0.3 is 5.11 Å². The summed E-state index contributed by atoms with van der Waals surface area (Å²) < 4.78 is 0. The summed E-state index contributed by atoms with van der Waals surface area (Å²) in [5.74, 6) is 0. The van der Waals surface area contributed by atoms with Gasteiger partial charge in [0.25, 0.3) is 0 Å². The maximum absolute atomic E-state index is 8.74. The number of hydrogen-bond acceptors (Lipinski definition) is 1. The average Bonchev–Trinajstić information content (AvgIpc) is 2.68. The van der Waals surface area contributed by atoms with Crippen molar-refractivity contribution >= 4 is 29.6 Å². The normalized spacial score (nSPS) is 11.6. The number of unbranched alkanes of at least 4 members (excludes halogenated alkanes) is 21. The maximum atomic E-state index is 8.74. The van der Waals surface area contributed by atoms with E-state index in [1.54, 1.807) is 0 Å². The van der Waals surface area contributed by atoms with Crippen LogP contribution in [0.4, 0.5) is 0 Å². The molecule has 4 heteroatoms. The molecule has 0 aromatic heterocycles. The highest BCUT2D eigenvalue weighted by Gasteiger charge is 2.00. The van der Waals surface area contributed by atoms with Gasteiger partial charge in [-0.1, -0.05) is 135 Å². The van der Waals surface area contributed by atoms with Gasteiger partial charge in [0.15, 0.2) is 0 Å². The molecule has 0 aromatic carbocycles. The molecule has 0 fully saturated rings. The Balaban J connectivity index is 2.98. The van der Waals surface area contributed by atoms with Gasteiger partial charge in [-0.05, 0) is 12.5 Å². The Labute approximate surface area is 188 Å². The van der Waals surface area contributed by atoms with E-state index in [-0.39, 0.29) is 0 Å². The van der Waals surface area contributed by atoms with Crippen LogP contribution in [0.5, 0.6) is 0 Å². The molecule has 0 aliphatic heterocycles. The molecular weight excluding hydrogens is 403 g/mol. The van der Waals surface area contributed by atoms with Crippen LogP contribution in [0.1, 0.15) is 141 Å². The highest BCUT2D eigenvalue weighted by Crippen LogP contribution is 2.16. The molecule has 0 saturated carbocycles. The molecule has 0 saturated heterocycles. The summed E-state index contributed by atoms with van der Waals surface area (Å²) in [6.45, 7) is 0.368. The summed E-state index contributed by atoms with van der Waals surface area (Å²) in [5.41, 5.74) is 0. The lowest BCUT2D eigenvalue weighted by molar-refractivity contribution is 0.282. The Bertz CT molecular complexity index is 277. The number of rotatable bonds is 24. The molecule has 0 unspecified atom stereocenters. The van der Waals surface area contributed by atoms with Crippen molar-refractivity contribution in [3.05, 3.63) is 0 Å². The summed E-state index contributed by atoms with van der Waals surface area (Å²) >= 11 is 11.7. The molecule has 0 aliphatic rings. The van der Waals surface area contributed by atoms with Crippen molar-refractivity contribution in [3.63, 3.8) is 0 Å². The van der Waals surface area contributed by atoms with Gasteiger partial charge in [-0.15, -0.1) is 0 Å². The smallest absolute Gasteiger partial charge is 0.237 e. The fraction of sp³-hybridized carbons (Fsp3) is 1.00. The second-order valence-corrected chi connectivity index (χ2v) is 13.9. The van der Waals surface area contributed by atoms with Crippen LogP contribution in [0.3, 0.4) is 0 Å². The predicted octanol–water partition coefficient (Wildman–Crippen LogP) is 9.26. The quantitative estimate of drug-likeness (QED) is 0.0877. The molecule has 0 aromatic rings. The van der Waals surface area contributed by atoms with E-state index in [9.17, 15) is 0 Å². The first-order valence-corrected chi connectivity index (χ1v) is 17.0. The van der Waals surface area contributed by atoms with E-state index in [1.165, 1.54) is 135 Å². The first-order valence-electron chi connectivity index (χ1n) is 12.7. The largest absolute Gasteiger partial charge is 0.396 e. The van der Waals surface area contributed by atoms with Gasteiger partial charge in [-0.2, -0.15) is 22.2 Å². The minimum Gasteiger partial charge on any atom is -0.396 e. The van der Waals surface area contributed by atoms with Gasteiger partial charge in [-0.3, -0.25) is 0 Å². The van der Waals surface area contributed by atoms with E-state index in [0.717, 1.165) is 12.5 Å².